The Morgan fingerprint density at radius 1 is 1.13 bits per heavy atom. The van der Waals surface area contributed by atoms with Gasteiger partial charge in [0, 0.05) is 36.5 Å². The Labute approximate surface area is 334 Å². The van der Waals surface area contributed by atoms with Gasteiger partial charge in [-0.05, 0) is 89.4 Å². The van der Waals surface area contributed by atoms with E-state index in [9.17, 15) is 23.6 Å². The third-order valence-corrected chi connectivity index (χ3v) is 10.9. The second-order valence-electron chi connectivity index (χ2n) is 14.0. The van der Waals surface area contributed by atoms with Crippen LogP contribution in [0.1, 0.15) is 124 Å². The van der Waals surface area contributed by atoms with E-state index in [1.165, 1.54) is 37.5 Å². The molecule has 3 N–H and O–H groups in total. The Bertz CT molecular complexity index is 1330. The fourth-order valence-electron chi connectivity index (χ4n) is 6.59. The number of hydrogen-bond acceptors (Lipinski definition) is 9. The molecule has 0 aromatic heterocycles. The average molecular weight is 792 g/mol. The maximum Gasteiger partial charge on any atom is 0.252 e. The number of allylic oxidation sites excluding steroid dienone is 1. The van der Waals surface area contributed by atoms with Crippen LogP contribution in [-0.2, 0) is 28.7 Å². The molecule has 3 aliphatic heterocycles. The Morgan fingerprint density at radius 2 is 1.84 bits per heavy atom. The number of rotatable bonds is 16. The van der Waals surface area contributed by atoms with Crippen LogP contribution in [0.2, 0.25) is 0 Å². The fourth-order valence-corrected chi connectivity index (χ4v) is 7.38. The number of amides is 3. The summed E-state index contributed by atoms with van der Waals surface area (Å²) in [6, 6.07) is 7.46. The lowest BCUT2D eigenvalue weighted by Crippen LogP contribution is -2.51. The van der Waals surface area contributed by atoms with Gasteiger partial charge in [0.15, 0.2) is 0 Å². The van der Waals surface area contributed by atoms with E-state index in [1.54, 1.807) is 0 Å². The molecule has 0 radical (unpaired) electrons. The number of nitrogens with zero attached hydrogens (tertiary/aromatic N) is 2. The molecule has 5 atom stereocenters. The van der Waals surface area contributed by atoms with Gasteiger partial charge in [-0.1, -0.05) is 77.8 Å². The first-order valence-electron chi connectivity index (χ1n) is 20.2. The standard InChI is InChI=1S/C32H46N4O3S.C3H7FO.C3H5NO2.2C2H6/c1-5-6-7-8-9-10-15-26(29(37)35-40-31(3)18-19-31)34-30(38)27-20-32(21-36(27)4)17-16-24-23-13-11-12-14-25(23)33-22(2)28(24)39-32;1-5-3-2-4;5-2-1-4-3-6;2*1-2/h9-14,24,26-28H,5-8,15-21H2,1-4H3,(H,34,38)(H,35,37);2-3H2,1H3;2-3H,1H2,(H,4,6);2*1-2H3/b10-9-;;;;/t24?,26?,27?,28?,32-;;;;/m1..../s1. The van der Waals surface area contributed by atoms with Crippen LogP contribution in [0.3, 0.4) is 0 Å². The first-order valence-corrected chi connectivity index (χ1v) is 21.0. The molecule has 1 aromatic carbocycles. The zero-order chi connectivity index (χ0) is 41.3. The lowest BCUT2D eigenvalue weighted by Gasteiger charge is -2.45. The number of methoxy groups -OCH3 is 1. The molecule has 3 heterocycles. The molecule has 13 heteroatoms. The number of aldehydes is 1. The van der Waals surface area contributed by atoms with Crippen molar-refractivity contribution in [2.45, 2.75) is 147 Å². The molecule has 55 heavy (non-hydrogen) atoms. The quantitative estimate of drug-likeness (QED) is 0.0682. The normalized spacial score (nSPS) is 23.2. The number of benzene rings is 1. The van der Waals surface area contributed by atoms with E-state index >= 15 is 0 Å². The van der Waals surface area contributed by atoms with Crippen molar-refractivity contribution in [1.82, 2.24) is 20.3 Å². The maximum absolute atomic E-state index is 13.7. The summed E-state index contributed by atoms with van der Waals surface area (Å²) in [5.74, 6) is 0.0941. The SMILES string of the molecule is CC.CC.CCCCC/C=C\CC(NC(=O)C1C[C@]2(CCC3c4ccccc4N=C(C)C3O2)CN1C)C(=O)NSC1(C)CC1.COCCF.O=CCNC=O. The predicted octanol–water partition coefficient (Wildman–Crippen LogP) is 7.41. The number of para-hydroxylation sites is 1. The molecule has 2 saturated heterocycles. The van der Waals surface area contributed by atoms with Crippen LogP contribution in [0.25, 0.3) is 0 Å². The van der Waals surface area contributed by atoms with E-state index in [2.05, 4.69) is 76.1 Å². The van der Waals surface area contributed by atoms with Gasteiger partial charge in [0.05, 0.1) is 30.5 Å². The molecular formula is C42H70FN5O6S. The summed E-state index contributed by atoms with van der Waals surface area (Å²) in [7, 11) is 3.47. The number of likely N-dealkylation sites (tertiary alicyclic amines) is 1. The maximum atomic E-state index is 13.7. The van der Waals surface area contributed by atoms with Crippen molar-refractivity contribution in [2.24, 2.45) is 4.99 Å². The van der Waals surface area contributed by atoms with Gasteiger partial charge in [0.2, 0.25) is 12.3 Å². The van der Waals surface area contributed by atoms with Crippen molar-refractivity contribution in [3.05, 3.63) is 42.0 Å². The van der Waals surface area contributed by atoms with Crippen LogP contribution in [0.4, 0.5) is 10.1 Å². The molecule has 11 nitrogen and oxygen atoms in total. The van der Waals surface area contributed by atoms with Crippen molar-refractivity contribution >= 4 is 47.9 Å². The van der Waals surface area contributed by atoms with Gasteiger partial charge in [-0.15, -0.1) is 0 Å². The zero-order valence-electron chi connectivity index (χ0n) is 35.0. The van der Waals surface area contributed by atoms with Crippen molar-refractivity contribution in [2.75, 3.05) is 40.5 Å². The van der Waals surface area contributed by atoms with E-state index in [0.29, 0.717) is 38.0 Å². The van der Waals surface area contributed by atoms with Gasteiger partial charge in [-0.3, -0.25) is 29.0 Å². The summed E-state index contributed by atoms with van der Waals surface area (Å²) >= 11 is 1.50. The number of halogens is 1. The van der Waals surface area contributed by atoms with Gasteiger partial charge >= 0.3 is 0 Å². The minimum absolute atomic E-state index is 0.0592. The number of aliphatic imine (C=N–C) groups is 1. The zero-order valence-corrected chi connectivity index (χ0v) is 35.8. The van der Waals surface area contributed by atoms with Crippen molar-refractivity contribution in [3.8, 4) is 0 Å². The molecular weight excluding hydrogens is 722 g/mol. The van der Waals surface area contributed by atoms with Crippen LogP contribution < -0.4 is 15.4 Å². The van der Waals surface area contributed by atoms with Crippen LogP contribution in [0.15, 0.2) is 41.4 Å². The number of hydrogen-bond donors (Lipinski definition) is 3. The molecule has 1 spiro atoms. The van der Waals surface area contributed by atoms with Gasteiger partial charge in [-0.25, -0.2) is 4.39 Å². The second-order valence-corrected chi connectivity index (χ2v) is 15.4. The monoisotopic (exact) mass is 792 g/mol. The number of unbranched alkanes of at least 4 members (excludes halogenated alkanes) is 3. The van der Waals surface area contributed by atoms with Crippen molar-refractivity contribution < 1.29 is 33.0 Å². The Morgan fingerprint density at radius 3 is 2.42 bits per heavy atom. The number of ether oxygens (including phenoxy) is 2. The summed E-state index contributed by atoms with van der Waals surface area (Å²) < 4.78 is 25.2. The lowest BCUT2D eigenvalue weighted by atomic mass is 9.77. The average Bonchev–Trinajstić information content (AvgIpc) is 3.86. The van der Waals surface area contributed by atoms with Gasteiger partial charge in [-0.2, -0.15) is 0 Å². The first kappa shape index (κ1) is 49.9. The van der Waals surface area contributed by atoms with Crippen molar-refractivity contribution in [3.63, 3.8) is 0 Å². The molecule has 3 fully saturated rings. The van der Waals surface area contributed by atoms with E-state index < -0.39 is 6.04 Å². The molecule has 5 rings (SSSR count). The fraction of sp³-hybridized carbons (Fsp3) is 0.690. The number of carbonyl (C=O) groups is 4. The van der Waals surface area contributed by atoms with Gasteiger partial charge in [0.25, 0.3) is 5.91 Å². The highest BCUT2D eigenvalue weighted by atomic mass is 32.2. The van der Waals surface area contributed by atoms with E-state index in [-0.39, 0.29) is 54.1 Å². The number of alkyl halides is 1. The van der Waals surface area contributed by atoms with Crippen molar-refractivity contribution in [1.29, 1.82) is 0 Å². The number of nitrogens with one attached hydrogen (secondary N) is 3. The predicted molar refractivity (Wildman–Crippen MR) is 224 cm³/mol. The molecule has 312 valence electrons. The Hall–Kier alpha value is -3.13. The molecule has 1 aromatic rings. The first-order chi connectivity index (χ1) is 26.6. The Balaban J connectivity index is 0.000000867. The molecule has 3 amide bonds. The minimum atomic E-state index is -0.587. The number of carbonyl (C=O) groups excluding carboxylic acids is 4. The highest BCUT2D eigenvalue weighted by Crippen LogP contribution is 2.48. The summed E-state index contributed by atoms with van der Waals surface area (Å²) in [5.41, 5.74) is 2.96. The smallest absolute Gasteiger partial charge is 0.252 e. The molecule has 4 aliphatic rings. The summed E-state index contributed by atoms with van der Waals surface area (Å²) in [5, 5.41) is 5.26. The van der Waals surface area contributed by atoms with E-state index in [1.807, 2.05) is 40.8 Å². The topological polar surface area (TPSA) is 138 Å². The lowest BCUT2D eigenvalue weighted by molar-refractivity contribution is -0.131. The molecule has 1 aliphatic carbocycles. The van der Waals surface area contributed by atoms with Gasteiger partial charge < -0.3 is 24.9 Å². The summed E-state index contributed by atoms with van der Waals surface area (Å²) in [4.78, 5) is 52.4. The van der Waals surface area contributed by atoms with E-state index in [0.717, 1.165) is 49.9 Å². The molecule has 0 bridgehead atoms. The van der Waals surface area contributed by atoms with Crippen LogP contribution >= 0.6 is 11.9 Å². The number of fused-ring (bicyclic) bond motifs is 3. The molecule has 4 unspecified atom stereocenters. The highest BCUT2D eigenvalue weighted by Gasteiger charge is 2.52. The minimum Gasteiger partial charge on any atom is -0.382 e. The number of likely N-dealkylation sites (N-methyl/N-ethyl adjacent to an activating group) is 1. The van der Waals surface area contributed by atoms with Crippen LogP contribution in [-0.4, -0.2) is 104 Å². The van der Waals surface area contributed by atoms with Crippen LogP contribution in [0.5, 0.6) is 0 Å². The second kappa shape index (κ2) is 27.5. The summed E-state index contributed by atoms with van der Waals surface area (Å²) in [6.07, 6.45) is 15.0. The molecule has 1 saturated carbocycles. The Kier molecular flexibility index (Phi) is 24.9. The highest BCUT2D eigenvalue weighted by molar-refractivity contribution is 7.99. The van der Waals surface area contributed by atoms with Crippen LogP contribution in [0, 0.1) is 0 Å². The largest absolute Gasteiger partial charge is 0.382 e. The summed E-state index contributed by atoms with van der Waals surface area (Å²) in [6.45, 7) is 15.1. The van der Waals surface area contributed by atoms with Gasteiger partial charge in [0.1, 0.15) is 25.1 Å². The van der Waals surface area contributed by atoms with E-state index in [4.69, 9.17) is 9.73 Å². The third kappa shape index (κ3) is 16.9. The third-order valence-electron chi connectivity index (χ3n) is 9.70.